The van der Waals surface area contributed by atoms with Crippen LogP contribution in [-0.2, 0) is 12.7 Å². The number of hydrogen-bond donors (Lipinski definition) is 1. The molecule has 34 heavy (non-hydrogen) atoms. The molecule has 0 amide bonds. The summed E-state index contributed by atoms with van der Waals surface area (Å²) >= 11 is 12.3. The van der Waals surface area contributed by atoms with Crippen molar-refractivity contribution in [2.75, 3.05) is 18.4 Å². The number of nitrogens with one attached hydrogen (secondary N) is 1. The average Bonchev–Trinajstić information content (AvgIpc) is 3.70. The van der Waals surface area contributed by atoms with Crippen molar-refractivity contribution in [2.24, 2.45) is 11.8 Å². The van der Waals surface area contributed by atoms with Crippen molar-refractivity contribution in [3.8, 4) is 5.69 Å². The number of aromatic nitrogens is 2. The van der Waals surface area contributed by atoms with E-state index < -0.39 is 11.9 Å². The second-order valence-corrected chi connectivity index (χ2v) is 10.1. The van der Waals surface area contributed by atoms with E-state index in [1.165, 1.54) is 6.33 Å². The molecule has 0 saturated heterocycles. The summed E-state index contributed by atoms with van der Waals surface area (Å²) in [5.74, 6) is 1.18. The van der Waals surface area contributed by atoms with Gasteiger partial charge in [-0.25, -0.2) is 4.98 Å². The first-order valence-electron chi connectivity index (χ1n) is 11.4. The number of nitrogens with zero attached hydrogens (tertiary/aromatic N) is 3. The molecule has 2 saturated carbocycles. The first-order valence-corrected chi connectivity index (χ1v) is 12.2. The zero-order chi connectivity index (χ0) is 23.9. The number of anilines is 2. The van der Waals surface area contributed by atoms with E-state index in [0.717, 1.165) is 38.8 Å². The van der Waals surface area contributed by atoms with E-state index in [1.807, 2.05) is 12.1 Å². The maximum Gasteiger partial charge on any atom is 0.435 e. The molecule has 1 N–H and O–H groups in total. The number of benzene rings is 2. The highest BCUT2D eigenvalue weighted by Crippen LogP contribution is 2.38. The van der Waals surface area contributed by atoms with Gasteiger partial charge < -0.3 is 5.32 Å². The summed E-state index contributed by atoms with van der Waals surface area (Å²) in [6, 6.07) is 12.3. The molecule has 2 aliphatic carbocycles. The third kappa shape index (κ3) is 5.53. The Hall–Kier alpha value is -2.22. The van der Waals surface area contributed by atoms with E-state index in [0.29, 0.717) is 38.9 Å². The van der Waals surface area contributed by atoms with Gasteiger partial charge in [0.25, 0.3) is 0 Å². The van der Waals surface area contributed by atoms with Crippen LogP contribution in [0.15, 0.2) is 48.8 Å². The van der Waals surface area contributed by atoms with E-state index in [1.54, 1.807) is 34.9 Å². The van der Waals surface area contributed by atoms with Crippen LogP contribution in [0.25, 0.3) is 5.69 Å². The molecule has 0 atom stereocenters. The predicted molar refractivity (Wildman–Crippen MR) is 129 cm³/mol. The van der Waals surface area contributed by atoms with Gasteiger partial charge in [0.1, 0.15) is 6.33 Å². The molecule has 0 bridgehead atoms. The Balaban J connectivity index is 1.51. The van der Waals surface area contributed by atoms with Gasteiger partial charge in [-0.1, -0.05) is 35.3 Å². The normalized spacial score (nSPS) is 16.3. The lowest BCUT2D eigenvalue weighted by Gasteiger charge is -2.24. The number of alkyl halides is 3. The Bertz CT molecular complexity index is 1160. The molecule has 0 aliphatic heterocycles. The van der Waals surface area contributed by atoms with Gasteiger partial charge in [0.15, 0.2) is 5.69 Å². The van der Waals surface area contributed by atoms with Crippen LogP contribution in [0.1, 0.15) is 37.1 Å². The van der Waals surface area contributed by atoms with Crippen molar-refractivity contribution in [1.82, 2.24) is 14.5 Å². The van der Waals surface area contributed by atoms with Crippen molar-refractivity contribution >= 4 is 34.6 Å². The fourth-order valence-electron chi connectivity index (χ4n) is 4.24. The quantitative estimate of drug-likeness (QED) is 0.323. The van der Waals surface area contributed by atoms with Crippen LogP contribution in [0.2, 0.25) is 10.0 Å². The van der Waals surface area contributed by atoms with Gasteiger partial charge in [-0.15, -0.1) is 0 Å². The van der Waals surface area contributed by atoms with Crippen molar-refractivity contribution in [2.45, 2.75) is 38.4 Å². The summed E-state index contributed by atoms with van der Waals surface area (Å²) in [5.41, 5.74) is 1.13. The molecule has 1 aromatic heterocycles. The lowest BCUT2D eigenvalue weighted by molar-refractivity contribution is -0.141. The lowest BCUT2D eigenvalue weighted by Crippen LogP contribution is -2.30. The van der Waals surface area contributed by atoms with Gasteiger partial charge in [0, 0.05) is 24.7 Å². The van der Waals surface area contributed by atoms with Gasteiger partial charge in [-0.05, 0) is 67.9 Å². The topological polar surface area (TPSA) is 33.1 Å². The average molecular weight is 509 g/mol. The van der Waals surface area contributed by atoms with Gasteiger partial charge in [-0.2, -0.15) is 13.2 Å². The molecule has 4 nitrogen and oxygen atoms in total. The number of para-hydroxylation sites is 2. The van der Waals surface area contributed by atoms with E-state index >= 15 is 0 Å². The van der Waals surface area contributed by atoms with E-state index in [-0.39, 0.29) is 12.2 Å². The van der Waals surface area contributed by atoms with Gasteiger partial charge in [0.2, 0.25) is 0 Å². The van der Waals surface area contributed by atoms with Crippen LogP contribution in [0.4, 0.5) is 24.5 Å². The number of hydrogen-bond acceptors (Lipinski definition) is 3. The monoisotopic (exact) mass is 508 g/mol. The highest BCUT2D eigenvalue weighted by molar-refractivity contribution is 6.36. The number of rotatable bonds is 9. The molecular weight excluding hydrogens is 484 g/mol. The van der Waals surface area contributed by atoms with Crippen LogP contribution in [0, 0.1) is 11.8 Å². The largest absolute Gasteiger partial charge is 0.435 e. The van der Waals surface area contributed by atoms with Gasteiger partial charge >= 0.3 is 6.18 Å². The maximum atomic E-state index is 14.0. The van der Waals surface area contributed by atoms with Crippen molar-refractivity contribution in [1.29, 1.82) is 0 Å². The summed E-state index contributed by atoms with van der Waals surface area (Å²) in [4.78, 5) is 6.01. The molecule has 5 rings (SSSR count). The van der Waals surface area contributed by atoms with Crippen LogP contribution in [0.3, 0.4) is 0 Å². The zero-order valence-corrected chi connectivity index (χ0v) is 20.0. The first kappa shape index (κ1) is 23.5. The van der Waals surface area contributed by atoms with E-state index in [9.17, 15) is 13.2 Å². The summed E-state index contributed by atoms with van der Waals surface area (Å²) in [6.45, 7) is 1.87. The molecule has 0 radical (unpaired) electrons. The molecule has 9 heteroatoms. The van der Waals surface area contributed by atoms with Crippen LogP contribution in [0.5, 0.6) is 0 Å². The third-order valence-corrected chi connectivity index (χ3v) is 6.85. The highest BCUT2D eigenvalue weighted by atomic mass is 35.5. The summed E-state index contributed by atoms with van der Waals surface area (Å²) < 4.78 is 43.5. The molecule has 2 aliphatic rings. The minimum atomic E-state index is -4.53. The zero-order valence-electron chi connectivity index (χ0n) is 18.5. The van der Waals surface area contributed by atoms with Gasteiger partial charge in [0.05, 0.1) is 27.8 Å². The van der Waals surface area contributed by atoms with Crippen LogP contribution in [-0.4, -0.2) is 27.5 Å². The lowest BCUT2D eigenvalue weighted by atomic mass is 10.2. The summed E-state index contributed by atoms with van der Waals surface area (Å²) in [7, 11) is 0. The Labute approximate surface area is 206 Å². The van der Waals surface area contributed by atoms with E-state index in [4.69, 9.17) is 23.2 Å². The van der Waals surface area contributed by atoms with Crippen LogP contribution >= 0.6 is 23.2 Å². The van der Waals surface area contributed by atoms with Crippen molar-refractivity contribution in [3.05, 3.63) is 70.2 Å². The molecule has 2 aromatic carbocycles. The second-order valence-electron chi connectivity index (χ2n) is 9.25. The Kier molecular flexibility index (Phi) is 6.53. The third-order valence-electron chi connectivity index (χ3n) is 6.30. The van der Waals surface area contributed by atoms with E-state index in [2.05, 4.69) is 15.2 Å². The van der Waals surface area contributed by atoms with Gasteiger partial charge in [-0.3, -0.25) is 9.47 Å². The fourth-order valence-corrected chi connectivity index (χ4v) is 4.70. The highest BCUT2D eigenvalue weighted by Gasteiger charge is 2.39. The minimum absolute atomic E-state index is 0.158. The molecule has 2 fully saturated rings. The standard InChI is InChI=1S/C25H25Cl2F3N4/c26-18-9-10-20(19(27)11-18)32-21-3-1-2-4-22(21)34-15-31-24(25(28,29)30)23(34)14-33(12-16-5-6-16)13-17-7-8-17/h1-4,9-11,15-17,32H,5-8,12-14H2. The smallest absolute Gasteiger partial charge is 0.353 e. The fraction of sp³-hybridized carbons (Fsp3) is 0.400. The molecular formula is C25H25Cl2F3N4. The Morgan fingerprint density at radius 2 is 1.65 bits per heavy atom. The summed E-state index contributed by atoms with van der Waals surface area (Å²) in [6.07, 6.45) is 1.35. The number of imidazole rings is 1. The first-order chi connectivity index (χ1) is 16.3. The Morgan fingerprint density at radius 3 is 2.26 bits per heavy atom. The van der Waals surface area contributed by atoms with Crippen LogP contribution < -0.4 is 5.32 Å². The molecule has 0 unspecified atom stereocenters. The maximum absolute atomic E-state index is 14.0. The second kappa shape index (κ2) is 9.44. The van der Waals surface area contributed by atoms with Crippen molar-refractivity contribution < 1.29 is 13.2 Å². The molecule has 0 spiro atoms. The van der Waals surface area contributed by atoms with Crippen molar-refractivity contribution in [3.63, 3.8) is 0 Å². The predicted octanol–water partition coefficient (Wildman–Crippen LogP) is 7.56. The number of halogens is 5. The molecule has 180 valence electrons. The SMILES string of the molecule is FC(F)(F)c1ncn(-c2ccccc2Nc2ccc(Cl)cc2Cl)c1CN(CC1CC1)CC1CC1. The summed E-state index contributed by atoms with van der Waals surface area (Å²) in [5, 5.41) is 4.17. The minimum Gasteiger partial charge on any atom is -0.353 e. The molecule has 1 heterocycles. The molecule has 3 aromatic rings. The Morgan fingerprint density at radius 1 is 0.971 bits per heavy atom.